The lowest BCUT2D eigenvalue weighted by Crippen LogP contribution is -2.19. The number of aryl methyl sites for hydroxylation is 1. The minimum absolute atomic E-state index is 0.374. The average Bonchev–Trinajstić information content (AvgIpc) is 2.48. The molecule has 2 rings (SSSR count). The largest absolute Gasteiger partial charge is 0.465 e. The summed E-state index contributed by atoms with van der Waals surface area (Å²) in [6.07, 6.45) is 0. The van der Waals surface area contributed by atoms with E-state index in [1.807, 2.05) is 36.2 Å². The van der Waals surface area contributed by atoms with E-state index in [0.29, 0.717) is 17.8 Å². The Morgan fingerprint density at radius 2 is 2.00 bits per heavy atom. The first-order valence-electron chi connectivity index (χ1n) is 6.63. The Hall–Kier alpha value is -2.56. The molecule has 0 amide bonds. The van der Waals surface area contributed by atoms with Gasteiger partial charge in [-0.3, -0.25) is 0 Å². The number of hydrogen-bond donors (Lipinski definition) is 1. The molecule has 21 heavy (non-hydrogen) atoms. The number of nitrogens with two attached hydrogens (primary N) is 1. The third-order valence-corrected chi connectivity index (χ3v) is 3.33. The van der Waals surface area contributed by atoms with Crippen LogP contribution in [-0.4, -0.2) is 25.1 Å². The van der Waals surface area contributed by atoms with E-state index in [-0.39, 0.29) is 5.97 Å². The third kappa shape index (κ3) is 3.31. The van der Waals surface area contributed by atoms with Gasteiger partial charge in [-0.15, -0.1) is 0 Å². The SMILES string of the molecule is COC(=O)c1ccc(N(C)Cc2ccccc2N)nc1C. The number of para-hydroxylation sites is 1. The smallest absolute Gasteiger partial charge is 0.339 e. The highest BCUT2D eigenvalue weighted by atomic mass is 16.5. The maximum atomic E-state index is 11.6. The molecule has 0 aliphatic heterocycles. The highest BCUT2D eigenvalue weighted by Crippen LogP contribution is 2.19. The Balaban J connectivity index is 2.20. The number of rotatable bonds is 4. The van der Waals surface area contributed by atoms with Crippen molar-refractivity contribution in [3.63, 3.8) is 0 Å². The Morgan fingerprint density at radius 3 is 2.62 bits per heavy atom. The predicted octanol–water partition coefficient (Wildman–Crippen LogP) is 2.40. The lowest BCUT2D eigenvalue weighted by atomic mass is 10.1. The molecule has 5 heteroatoms. The number of nitrogens with zero attached hydrogens (tertiary/aromatic N) is 2. The minimum Gasteiger partial charge on any atom is -0.465 e. The number of hydrogen-bond acceptors (Lipinski definition) is 5. The second-order valence-electron chi connectivity index (χ2n) is 4.85. The zero-order chi connectivity index (χ0) is 15.4. The van der Waals surface area contributed by atoms with E-state index in [1.54, 1.807) is 19.1 Å². The molecule has 0 fully saturated rings. The fourth-order valence-corrected chi connectivity index (χ4v) is 2.10. The van der Waals surface area contributed by atoms with Crippen molar-refractivity contribution >= 4 is 17.5 Å². The van der Waals surface area contributed by atoms with E-state index in [0.717, 1.165) is 17.1 Å². The van der Waals surface area contributed by atoms with Gasteiger partial charge in [0.1, 0.15) is 5.82 Å². The van der Waals surface area contributed by atoms with E-state index in [2.05, 4.69) is 4.98 Å². The van der Waals surface area contributed by atoms with E-state index in [9.17, 15) is 4.79 Å². The molecule has 0 unspecified atom stereocenters. The number of aromatic nitrogens is 1. The van der Waals surface area contributed by atoms with Gasteiger partial charge in [-0.05, 0) is 30.7 Å². The maximum Gasteiger partial charge on any atom is 0.339 e. The van der Waals surface area contributed by atoms with E-state index >= 15 is 0 Å². The van der Waals surface area contributed by atoms with Crippen LogP contribution in [0.2, 0.25) is 0 Å². The Morgan fingerprint density at radius 1 is 1.29 bits per heavy atom. The summed E-state index contributed by atoms with van der Waals surface area (Å²) < 4.78 is 4.72. The van der Waals surface area contributed by atoms with Crippen LogP contribution < -0.4 is 10.6 Å². The number of esters is 1. The number of nitrogen functional groups attached to an aromatic ring is 1. The average molecular weight is 285 g/mol. The number of methoxy groups -OCH3 is 1. The summed E-state index contributed by atoms with van der Waals surface area (Å²) in [7, 11) is 3.30. The van der Waals surface area contributed by atoms with Crippen molar-refractivity contribution in [3.05, 3.63) is 53.2 Å². The van der Waals surface area contributed by atoms with Crippen LogP contribution >= 0.6 is 0 Å². The first-order chi connectivity index (χ1) is 10.0. The van der Waals surface area contributed by atoms with Gasteiger partial charge in [0, 0.05) is 19.3 Å². The molecule has 0 aliphatic carbocycles. The summed E-state index contributed by atoms with van der Waals surface area (Å²) in [5, 5.41) is 0. The highest BCUT2D eigenvalue weighted by molar-refractivity contribution is 5.90. The molecule has 5 nitrogen and oxygen atoms in total. The molecule has 2 N–H and O–H groups in total. The number of carbonyl (C=O) groups is 1. The second kappa shape index (κ2) is 6.26. The molecule has 0 saturated carbocycles. The molecule has 0 radical (unpaired) electrons. The number of pyridine rings is 1. The van der Waals surface area contributed by atoms with Gasteiger partial charge in [0.25, 0.3) is 0 Å². The van der Waals surface area contributed by atoms with Crippen LogP contribution in [0.1, 0.15) is 21.6 Å². The first kappa shape index (κ1) is 14.8. The third-order valence-electron chi connectivity index (χ3n) is 3.33. The zero-order valence-electron chi connectivity index (χ0n) is 12.5. The van der Waals surface area contributed by atoms with Crippen LogP contribution in [0.4, 0.5) is 11.5 Å². The molecule has 0 saturated heterocycles. The molecule has 0 aliphatic rings. The number of anilines is 2. The Bertz CT molecular complexity index is 656. The molecule has 0 atom stereocenters. The number of benzene rings is 1. The van der Waals surface area contributed by atoms with Gasteiger partial charge in [-0.25, -0.2) is 9.78 Å². The van der Waals surface area contributed by atoms with Crippen molar-refractivity contribution in [2.24, 2.45) is 0 Å². The van der Waals surface area contributed by atoms with Gasteiger partial charge in [0.2, 0.25) is 0 Å². The molecule has 110 valence electrons. The van der Waals surface area contributed by atoms with E-state index in [1.165, 1.54) is 7.11 Å². The van der Waals surface area contributed by atoms with Gasteiger partial charge in [0.15, 0.2) is 0 Å². The first-order valence-corrected chi connectivity index (χ1v) is 6.63. The van der Waals surface area contributed by atoms with Crippen LogP contribution in [-0.2, 0) is 11.3 Å². The quantitative estimate of drug-likeness (QED) is 0.690. The maximum absolute atomic E-state index is 11.6. The van der Waals surface area contributed by atoms with Crippen molar-refractivity contribution in [1.29, 1.82) is 0 Å². The summed E-state index contributed by atoms with van der Waals surface area (Å²) in [6, 6.07) is 11.3. The van der Waals surface area contributed by atoms with E-state index < -0.39 is 0 Å². The summed E-state index contributed by atoms with van der Waals surface area (Å²) in [5.41, 5.74) is 8.87. The molecule has 2 aromatic rings. The van der Waals surface area contributed by atoms with Gasteiger partial charge < -0.3 is 15.4 Å². The predicted molar refractivity (Wildman–Crippen MR) is 83.3 cm³/mol. The van der Waals surface area contributed by atoms with Crippen molar-refractivity contribution in [3.8, 4) is 0 Å². The van der Waals surface area contributed by atoms with Crippen molar-refractivity contribution < 1.29 is 9.53 Å². The van der Waals surface area contributed by atoms with Gasteiger partial charge in [-0.1, -0.05) is 18.2 Å². The fourth-order valence-electron chi connectivity index (χ4n) is 2.10. The number of ether oxygens (including phenoxy) is 1. The van der Waals surface area contributed by atoms with Crippen LogP contribution in [0.3, 0.4) is 0 Å². The highest BCUT2D eigenvalue weighted by Gasteiger charge is 2.12. The molecule has 1 aromatic heterocycles. The lowest BCUT2D eigenvalue weighted by molar-refractivity contribution is 0.0599. The fraction of sp³-hybridized carbons (Fsp3) is 0.250. The normalized spacial score (nSPS) is 10.2. The van der Waals surface area contributed by atoms with Crippen molar-refractivity contribution in [1.82, 2.24) is 4.98 Å². The van der Waals surface area contributed by atoms with Crippen LogP contribution in [0, 0.1) is 6.92 Å². The lowest BCUT2D eigenvalue weighted by Gasteiger charge is -2.20. The molecular weight excluding hydrogens is 266 g/mol. The van der Waals surface area contributed by atoms with Crippen LogP contribution in [0.25, 0.3) is 0 Å². The second-order valence-corrected chi connectivity index (χ2v) is 4.85. The van der Waals surface area contributed by atoms with Crippen LogP contribution in [0.15, 0.2) is 36.4 Å². The van der Waals surface area contributed by atoms with Crippen molar-refractivity contribution in [2.45, 2.75) is 13.5 Å². The summed E-state index contributed by atoms with van der Waals surface area (Å²) in [4.78, 5) is 18.0. The summed E-state index contributed by atoms with van der Waals surface area (Å²) >= 11 is 0. The van der Waals surface area contributed by atoms with E-state index in [4.69, 9.17) is 10.5 Å². The van der Waals surface area contributed by atoms with Gasteiger partial charge in [0.05, 0.1) is 18.4 Å². The Kier molecular flexibility index (Phi) is 4.42. The topological polar surface area (TPSA) is 68.5 Å². The Labute approximate surface area is 124 Å². The van der Waals surface area contributed by atoms with Gasteiger partial charge >= 0.3 is 5.97 Å². The molecule has 0 bridgehead atoms. The molecular formula is C16H19N3O2. The van der Waals surface area contributed by atoms with Crippen molar-refractivity contribution in [2.75, 3.05) is 24.8 Å². The standard InChI is InChI=1S/C16H19N3O2/c1-11-13(16(20)21-3)8-9-15(18-11)19(2)10-12-6-4-5-7-14(12)17/h4-9H,10,17H2,1-3H3. The number of carbonyl (C=O) groups excluding carboxylic acids is 1. The summed E-state index contributed by atoms with van der Waals surface area (Å²) in [5.74, 6) is 0.407. The van der Waals surface area contributed by atoms with Crippen LogP contribution in [0.5, 0.6) is 0 Å². The monoisotopic (exact) mass is 285 g/mol. The zero-order valence-corrected chi connectivity index (χ0v) is 12.5. The molecule has 0 spiro atoms. The van der Waals surface area contributed by atoms with Gasteiger partial charge in [-0.2, -0.15) is 0 Å². The molecule has 1 heterocycles. The molecule has 1 aromatic carbocycles. The summed E-state index contributed by atoms with van der Waals surface area (Å²) in [6.45, 7) is 2.44. The minimum atomic E-state index is -0.374.